The lowest BCUT2D eigenvalue weighted by Gasteiger charge is -2.36. The first kappa shape index (κ1) is 15.5. The molecule has 6 heteroatoms. The molecule has 1 aromatic heterocycles. The number of rotatable bonds is 3. The number of hydrogen-bond acceptors (Lipinski definition) is 3. The van der Waals surface area contributed by atoms with Gasteiger partial charge in [-0.05, 0) is 44.4 Å². The van der Waals surface area contributed by atoms with Crippen molar-refractivity contribution in [3.05, 3.63) is 16.4 Å². The van der Waals surface area contributed by atoms with Crippen LogP contribution in [0.5, 0.6) is 0 Å². The van der Waals surface area contributed by atoms with Crippen molar-refractivity contribution in [2.24, 2.45) is 18.9 Å². The summed E-state index contributed by atoms with van der Waals surface area (Å²) in [5.41, 5.74) is 1.27. The number of aromatic nitrogens is 2. The van der Waals surface area contributed by atoms with E-state index in [1.807, 2.05) is 18.9 Å². The molecular weight excluding hydrogens is 312 g/mol. The molecule has 2 atom stereocenters. The minimum Gasteiger partial charge on any atom is -0.335 e. The lowest BCUT2D eigenvalue weighted by Crippen LogP contribution is -2.45. The third-order valence-corrected chi connectivity index (χ3v) is 6.22. The molecule has 1 aliphatic carbocycles. The molecule has 1 aromatic rings. The maximum Gasteiger partial charge on any atom is 0.275 e. The van der Waals surface area contributed by atoms with Crippen LogP contribution in [-0.2, 0) is 7.05 Å². The largest absolute Gasteiger partial charge is 0.335 e. The molecule has 3 aliphatic heterocycles. The fraction of sp³-hybridized carbons (Fsp3) is 0.765. The van der Waals surface area contributed by atoms with Crippen LogP contribution in [0.3, 0.4) is 0 Å². The SMILES string of the molecule is Cc1c(Cl)c(C(=O)N2C[C@@H]3CC[C@H](C2)N(CC2CC2)C3)nn1C. The zero-order chi connectivity index (χ0) is 16.1. The second-order valence-electron chi connectivity index (χ2n) is 7.58. The number of carbonyl (C=O) groups is 1. The van der Waals surface area contributed by atoms with Gasteiger partial charge in [-0.15, -0.1) is 0 Å². The van der Waals surface area contributed by atoms with Gasteiger partial charge in [-0.2, -0.15) is 5.10 Å². The minimum absolute atomic E-state index is 0.00359. The molecule has 0 N–H and O–H groups in total. The van der Waals surface area contributed by atoms with Crippen LogP contribution >= 0.6 is 11.6 Å². The molecule has 4 heterocycles. The summed E-state index contributed by atoms with van der Waals surface area (Å²) in [5, 5.41) is 4.85. The molecule has 0 aromatic carbocycles. The first-order valence-electron chi connectivity index (χ1n) is 8.75. The van der Waals surface area contributed by atoms with Gasteiger partial charge in [0.05, 0.1) is 10.7 Å². The molecule has 1 amide bonds. The second kappa shape index (κ2) is 5.78. The van der Waals surface area contributed by atoms with E-state index in [0.29, 0.717) is 22.7 Å². The molecule has 0 spiro atoms. The van der Waals surface area contributed by atoms with Gasteiger partial charge >= 0.3 is 0 Å². The Morgan fingerprint density at radius 3 is 2.65 bits per heavy atom. The van der Waals surface area contributed by atoms with E-state index in [4.69, 9.17) is 11.6 Å². The van der Waals surface area contributed by atoms with Gasteiger partial charge in [-0.25, -0.2) is 0 Å². The van der Waals surface area contributed by atoms with Crippen molar-refractivity contribution in [3.63, 3.8) is 0 Å². The van der Waals surface area contributed by atoms with Crippen LogP contribution < -0.4 is 0 Å². The van der Waals surface area contributed by atoms with E-state index >= 15 is 0 Å². The highest BCUT2D eigenvalue weighted by atomic mass is 35.5. The topological polar surface area (TPSA) is 41.4 Å². The molecule has 1 saturated carbocycles. The maximum absolute atomic E-state index is 12.9. The van der Waals surface area contributed by atoms with Gasteiger partial charge in [0.1, 0.15) is 0 Å². The zero-order valence-corrected chi connectivity index (χ0v) is 14.7. The summed E-state index contributed by atoms with van der Waals surface area (Å²) < 4.78 is 1.70. The third-order valence-electron chi connectivity index (χ3n) is 5.77. The van der Waals surface area contributed by atoms with Crippen molar-refractivity contribution in [2.45, 2.75) is 38.6 Å². The zero-order valence-electron chi connectivity index (χ0n) is 14.0. The van der Waals surface area contributed by atoms with Crippen LogP contribution in [0.15, 0.2) is 0 Å². The average molecular weight is 337 g/mol. The molecule has 5 nitrogen and oxygen atoms in total. The number of amides is 1. The standard InChI is InChI=1S/C17H25ClN4O/c1-11-15(18)16(19-20(11)2)17(23)22-9-13-5-6-14(10-22)21(8-13)7-12-3-4-12/h12-14H,3-10H2,1-2H3/t13-,14-/m1/s1. The molecule has 23 heavy (non-hydrogen) atoms. The molecule has 0 radical (unpaired) electrons. The van der Waals surface area contributed by atoms with E-state index in [-0.39, 0.29) is 5.91 Å². The molecule has 2 bridgehead atoms. The summed E-state index contributed by atoms with van der Waals surface area (Å²) in [4.78, 5) is 17.6. The predicted molar refractivity (Wildman–Crippen MR) is 89.7 cm³/mol. The van der Waals surface area contributed by atoms with E-state index in [0.717, 1.165) is 31.2 Å². The first-order valence-corrected chi connectivity index (χ1v) is 9.13. The van der Waals surface area contributed by atoms with Crippen molar-refractivity contribution < 1.29 is 4.79 Å². The number of fused-ring (bicyclic) bond motifs is 4. The van der Waals surface area contributed by atoms with Crippen molar-refractivity contribution in [2.75, 3.05) is 26.2 Å². The molecular formula is C17H25ClN4O. The van der Waals surface area contributed by atoms with E-state index < -0.39 is 0 Å². The number of hydrogen-bond donors (Lipinski definition) is 0. The maximum atomic E-state index is 12.9. The molecule has 0 unspecified atom stereocenters. The second-order valence-corrected chi connectivity index (χ2v) is 7.95. The number of nitrogens with zero attached hydrogens (tertiary/aromatic N) is 4. The van der Waals surface area contributed by atoms with Gasteiger partial charge in [0.25, 0.3) is 5.91 Å². The number of piperidine rings is 1. The fourth-order valence-electron chi connectivity index (χ4n) is 4.07. The third kappa shape index (κ3) is 2.89. The van der Waals surface area contributed by atoms with E-state index in [1.165, 1.54) is 32.2 Å². The van der Waals surface area contributed by atoms with Gasteiger partial charge < -0.3 is 4.90 Å². The summed E-state index contributed by atoms with van der Waals surface area (Å²) in [6.07, 6.45) is 5.24. The summed E-state index contributed by atoms with van der Waals surface area (Å²) in [6.45, 7) is 5.96. The Morgan fingerprint density at radius 1 is 1.22 bits per heavy atom. The van der Waals surface area contributed by atoms with Crippen molar-refractivity contribution in [1.29, 1.82) is 0 Å². The Morgan fingerprint density at radius 2 is 2.00 bits per heavy atom. The number of halogens is 1. The van der Waals surface area contributed by atoms with Crippen molar-refractivity contribution in [3.8, 4) is 0 Å². The van der Waals surface area contributed by atoms with E-state index in [9.17, 15) is 4.79 Å². The van der Waals surface area contributed by atoms with Crippen LogP contribution in [0.4, 0.5) is 0 Å². The number of carbonyl (C=O) groups excluding carboxylic acids is 1. The Balaban J connectivity index is 1.53. The number of aryl methyl sites for hydroxylation is 1. The van der Waals surface area contributed by atoms with Gasteiger partial charge in [-0.1, -0.05) is 11.6 Å². The predicted octanol–water partition coefficient (Wildman–Crippen LogP) is 2.33. The van der Waals surface area contributed by atoms with E-state index in [1.54, 1.807) is 4.68 Å². The Hall–Kier alpha value is -1.07. The highest BCUT2D eigenvalue weighted by Gasteiger charge is 2.39. The van der Waals surface area contributed by atoms with Crippen LogP contribution in [-0.4, -0.2) is 57.7 Å². The lowest BCUT2D eigenvalue weighted by atomic mass is 9.95. The summed E-state index contributed by atoms with van der Waals surface area (Å²) >= 11 is 6.32. The van der Waals surface area contributed by atoms with Crippen molar-refractivity contribution >= 4 is 17.5 Å². The van der Waals surface area contributed by atoms with Gasteiger partial charge in [0.2, 0.25) is 0 Å². The fourth-order valence-corrected chi connectivity index (χ4v) is 4.31. The monoisotopic (exact) mass is 336 g/mol. The smallest absolute Gasteiger partial charge is 0.275 e. The molecule has 4 fully saturated rings. The Bertz CT molecular complexity index is 624. The molecule has 4 aliphatic rings. The van der Waals surface area contributed by atoms with Gasteiger partial charge in [0, 0.05) is 39.3 Å². The molecule has 5 rings (SSSR count). The normalized spacial score (nSPS) is 28.2. The van der Waals surface area contributed by atoms with Crippen LogP contribution in [0.2, 0.25) is 5.02 Å². The molecule has 3 saturated heterocycles. The summed E-state index contributed by atoms with van der Waals surface area (Å²) in [7, 11) is 1.83. The Labute approximate surface area is 142 Å². The average Bonchev–Trinajstić information content (AvgIpc) is 3.34. The molecule has 126 valence electrons. The van der Waals surface area contributed by atoms with Crippen molar-refractivity contribution in [1.82, 2.24) is 19.6 Å². The van der Waals surface area contributed by atoms with E-state index in [2.05, 4.69) is 10.00 Å². The highest BCUT2D eigenvalue weighted by Crippen LogP contribution is 2.35. The Kier molecular flexibility index (Phi) is 3.88. The van der Waals surface area contributed by atoms with Crippen LogP contribution in [0, 0.1) is 18.8 Å². The first-order chi connectivity index (χ1) is 11.0. The minimum atomic E-state index is 0.00359. The summed E-state index contributed by atoms with van der Waals surface area (Å²) in [6, 6.07) is 0.516. The quantitative estimate of drug-likeness (QED) is 0.850. The van der Waals surface area contributed by atoms with Crippen LogP contribution in [0.25, 0.3) is 0 Å². The van der Waals surface area contributed by atoms with Crippen LogP contribution in [0.1, 0.15) is 41.9 Å². The highest BCUT2D eigenvalue weighted by molar-refractivity contribution is 6.34. The van der Waals surface area contributed by atoms with Gasteiger partial charge in [-0.3, -0.25) is 14.4 Å². The van der Waals surface area contributed by atoms with Gasteiger partial charge in [0.15, 0.2) is 5.69 Å². The summed E-state index contributed by atoms with van der Waals surface area (Å²) in [5.74, 6) is 1.51. The lowest BCUT2D eigenvalue weighted by molar-refractivity contribution is 0.0730.